The van der Waals surface area contributed by atoms with Crippen molar-refractivity contribution in [2.24, 2.45) is 7.05 Å². The van der Waals surface area contributed by atoms with Gasteiger partial charge in [0, 0.05) is 61.1 Å². The zero-order valence-corrected chi connectivity index (χ0v) is 40.5. The molecule has 0 saturated carbocycles. The third-order valence-electron chi connectivity index (χ3n) is 1.86. The maximum absolute atomic E-state index is 10.5. The molecular formula is C16H19N6O14U4Y-. The van der Waals surface area contributed by atoms with Gasteiger partial charge in [0.15, 0.2) is 0 Å². The summed E-state index contributed by atoms with van der Waals surface area (Å²) in [6.45, 7) is 4.72. The summed E-state index contributed by atoms with van der Waals surface area (Å²) in [6, 6.07) is 0. The van der Waals surface area contributed by atoms with E-state index in [0.717, 1.165) is 0 Å². The van der Waals surface area contributed by atoms with Gasteiger partial charge < -0.3 is 96.4 Å². The number of hydrogen-bond donors (Lipinski definition) is 0. The number of rotatable bonds is 4. The minimum absolute atomic E-state index is 0. The predicted molar refractivity (Wildman–Crippen MR) is 114 cm³/mol. The Balaban J connectivity index is -0.0000000360. The van der Waals surface area contributed by atoms with E-state index in [1.807, 2.05) is 0 Å². The standard InChI is InChI=1S/C4H5N3O3.C3H3N3O3.4C2H3O2.CH4.4U.Y/c1-7-3(9)5-2(8)6-4(7)10;7-1-4-2(8)6-3(9)5-1;4*1-4-2-3;;;;;;/h1H3,(H2,5,6,8,9,10);(H3,4,5,6,7,8,9);4*1H3;1H4;;;;;/q;;4*-1;;4*+2;/p-5. The molecule has 0 spiro atoms. The summed E-state index contributed by atoms with van der Waals surface area (Å²) in [4.78, 5) is 110. The van der Waals surface area contributed by atoms with Crippen LogP contribution < -0.4 is 59.1 Å². The Labute approximate surface area is 351 Å². The number of nitrogens with zero attached hydrogens (tertiary/aromatic N) is 6. The second-order valence-electron chi connectivity index (χ2n) is 3.96. The van der Waals surface area contributed by atoms with Crippen molar-refractivity contribution in [2.75, 3.05) is 28.4 Å². The molecule has 217 valence electrons. The van der Waals surface area contributed by atoms with E-state index in [1.54, 1.807) is 0 Å². The third-order valence-corrected chi connectivity index (χ3v) is 1.86. The largest absolute Gasteiger partial charge is 2.00 e. The summed E-state index contributed by atoms with van der Waals surface area (Å²) < 4.78 is 15.6. The Hall–Kier alpha value is 0.0117. The van der Waals surface area contributed by atoms with Crippen molar-refractivity contribution in [3.8, 4) is 0 Å². The second kappa shape index (κ2) is 52.6. The van der Waals surface area contributed by atoms with E-state index < -0.39 is 34.1 Å². The van der Waals surface area contributed by atoms with Crippen molar-refractivity contribution in [3.63, 3.8) is 0 Å². The molecular weight excluding hydrogens is 1540 g/mol. The SMILES string of the molecule is C.CO[C-]=O.CO[C-]=O.CO[C-]=O.CO[C-]=O.Cn1c(=O)[n-]c(=O)[n-]c1=O.O=c1[n-]c(=O)[n-]c(=O)[n-]1.[U+2].[U+2].[U+2].[U+2].[Y]. The minimum Gasteiger partial charge on any atom is -0.655 e. The van der Waals surface area contributed by atoms with Crippen molar-refractivity contribution in [1.29, 1.82) is 0 Å². The summed E-state index contributed by atoms with van der Waals surface area (Å²) >= 11 is 0. The predicted octanol–water partition coefficient (Wildman–Crippen LogP) is -6.91. The molecule has 41 heavy (non-hydrogen) atoms. The molecule has 0 bridgehead atoms. The molecule has 0 unspecified atom stereocenters. The average molecular weight is 1560 g/mol. The van der Waals surface area contributed by atoms with Crippen LogP contribution in [0.15, 0.2) is 28.8 Å². The van der Waals surface area contributed by atoms with Crippen LogP contribution in [-0.2, 0) is 77.9 Å². The van der Waals surface area contributed by atoms with Gasteiger partial charge in [-0.3, -0.25) is 0 Å². The van der Waals surface area contributed by atoms with E-state index in [9.17, 15) is 28.8 Å². The maximum atomic E-state index is 10.5. The Kier molecular flexibility index (Phi) is 87.7. The number of hydrogen-bond acceptors (Lipinski definition) is 14. The Bertz CT molecular complexity index is 1050. The quantitative estimate of drug-likeness (QED) is 0.203. The van der Waals surface area contributed by atoms with Crippen molar-refractivity contribution in [3.05, 3.63) is 62.9 Å². The van der Waals surface area contributed by atoms with Crippen LogP contribution in [0.2, 0.25) is 0 Å². The van der Waals surface area contributed by atoms with Gasteiger partial charge in [0.25, 0.3) is 0 Å². The van der Waals surface area contributed by atoms with E-state index in [4.69, 9.17) is 19.2 Å². The molecule has 0 aliphatic carbocycles. The zero-order chi connectivity index (χ0) is 28.2. The minimum atomic E-state index is -1.08. The molecule has 2 aromatic heterocycles. The van der Waals surface area contributed by atoms with E-state index in [-0.39, 0.29) is 165 Å². The van der Waals surface area contributed by atoms with Crippen LogP contribution in [0.25, 0.3) is 0 Å². The Morgan fingerprint density at radius 1 is 0.488 bits per heavy atom. The molecule has 20 nitrogen and oxygen atoms in total. The molecule has 0 aliphatic heterocycles. The summed E-state index contributed by atoms with van der Waals surface area (Å²) in [5.74, 6) is 0. The van der Waals surface area contributed by atoms with Crippen LogP contribution in [-0.4, -0.2) is 58.9 Å². The van der Waals surface area contributed by atoms with Crippen molar-refractivity contribution < 1.29 is 195 Å². The van der Waals surface area contributed by atoms with E-state index >= 15 is 0 Å². The van der Waals surface area contributed by atoms with Gasteiger partial charge in [0.2, 0.25) is 0 Å². The van der Waals surface area contributed by atoms with Gasteiger partial charge >= 0.3 is 124 Å². The molecule has 2 rings (SSSR count). The Morgan fingerprint density at radius 3 is 0.780 bits per heavy atom. The van der Waals surface area contributed by atoms with Crippen LogP contribution in [0.4, 0.5) is 0 Å². The molecule has 2 aromatic rings. The van der Waals surface area contributed by atoms with Crippen molar-refractivity contribution in [2.45, 2.75) is 7.43 Å². The fourth-order valence-electron chi connectivity index (χ4n) is 0.741. The van der Waals surface area contributed by atoms with E-state index in [0.29, 0.717) is 4.57 Å². The number of aromatic nitrogens is 6. The van der Waals surface area contributed by atoms with Crippen LogP contribution in [0.5, 0.6) is 0 Å². The van der Waals surface area contributed by atoms with Crippen molar-refractivity contribution in [1.82, 2.24) is 29.5 Å². The van der Waals surface area contributed by atoms with Crippen LogP contribution in [0.3, 0.4) is 0 Å². The fraction of sp³-hybridized carbons (Fsp3) is 0.375. The molecule has 0 aliphatic rings. The molecule has 0 saturated heterocycles. The molecule has 0 N–H and O–H groups in total. The van der Waals surface area contributed by atoms with Gasteiger partial charge in [0.05, 0.1) is 0 Å². The van der Waals surface area contributed by atoms with Crippen LogP contribution >= 0.6 is 0 Å². The number of carbonyl (C=O) groups excluding carboxylic acids is 4. The third kappa shape index (κ3) is 56.4. The summed E-state index contributed by atoms with van der Waals surface area (Å²) in [5, 5.41) is 0. The first-order chi connectivity index (χ1) is 16.4. The van der Waals surface area contributed by atoms with Crippen LogP contribution in [0, 0.1) is 124 Å². The normalized spacial score (nSPS) is 6.46. The topological polar surface area (TPSA) is 283 Å². The maximum Gasteiger partial charge on any atom is 2.00 e. The smallest absolute Gasteiger partial charge is 0.655 e. The molecule has 0 atom stereocenters. The van der Waals surface area contributed by atoms with Gasteiger partial charge in [-0.1, -0.05) is 40.4 Å². The number of methoxy groups -OCH3 is 4. The van der Waals surface area contributed by atoms with Gasteiger partial charge in [-0.15, -0.1) is 0 Å². The molecule has 0 amide bonds. The monoisotopic (exact) mass is 1560 g/mol. The summed E-state index contributed by atoms with van der Waals surface area (Å²) in [7, 11) is 6.23. The van der Waals surface area contributed by atoms with Gasteiger partial charge in [-0.05, 0) is 17.1 Å². The van der Waals surface area contributed by atoms with E-state index in [1.165, 1.54) is 61.4 Å². The van der Waals surface area contributed by atoms with Gasteiger partial charge in [-0.2, -0.15) is 0 Å². The first-order valence-electron chi connectivity index (χ1n) is 7.62. The first kappa shape index (κ1) is 68.3. The molecule has 25 heteroatoms. The Morgan fingerprint density at radius 2 is 0.634 bits per heavy atom. The fourth-order valence-corrected chi connectivity index (χ4v) is 0.741. The second-order valence-corrected chi connectivity index (χ2v) is 3.96. The van der Waals surface area contributed by atoms with Gasteiger partial charge in [0.1, 0.15) is 17.1 Å². The van der Waals surface area contributed by atoms with Crippen LogP contribution in [0.1, 0.15) is 7.43 Å². The number of ether oxygens (including phenoxy) is 4. The molecule has 1 radical (unpaired) electrons. The summed E-state index contributed by atoms with van der Waals surface area (Å²) in [5.41, 5.74) is -6.02. The first-order valence-corrected chi connectivity index (χ1v) is 7.62. The molecule has 0 aromatic carbocycles. The molecule has 2 heterocycles. The average Bonchev–Trinajstić information content (AvgIpc) is 2.82. The summed E-state index contributed by atoms with van der Waals surface area (Å²) in [6.07, 6.45) is 0. The molecule has 0 fully saturated rings. The van der Waals surface area contributed by atoms with E-state index in [2.05, 4.69) is 43.9 Å². The van der Waals surface area contributed by atoms with Gasteiger partial charge in [-0.25, -0.2) is 0 Å². The zero-order valence-electron chi connectivity index (χ0n) is 21.0. The van der Waals surface area contributed by atoms with Crippen molar-refractivity contribution >= 4 is 25.9 Å².